The first-order valence-electron chi connectivity index (χ1n) is 8.06. The number of hydrogen-bond donors (Lipinski definition) is 3. The minimum atomic E-state index is -1.23. The molecule has 30 heavy (non-hydrogen) atoms. The number of benzene rings is 2. The number of hydrogen-bond acceptors (Lipinski definition) is 7. The Kier molecular flexibility index (Phi) is 6.55. The zero-order valence-electron chi connectivity index (χ0n) is 15.3. The van der Waals surface area contributed by atoms with Crippen LogP contribution < -0.4 is 0 Å². The van der Waals surface area contributed by atoms with Crippen LogP contribution in [0.5, 0.6) is 0 Å². The van der Waals surface area contributed by atoms with E-state index in [9.17, 15) is 24.5 Å². The normalized spacial score (nSPS) is 9.90. The zero-order valence-corrected chi connectivity index (χ0v) is 15.3. The third kappa shape index (κ3) is 5.45. The number of nitro groups is 1. The van der Waals surface area contributed by atoms with Crippen LogP contribution in [0.4, 0.5) is 5.69 Å². The summed E-state index contributed by atoms with van der Waals surface area (Å²) in [4.78, 5) is 45.1. The fourth-order valence-corrected chi connectivity index (χ4v) is 2.24. The van der Waals surface area contributed by atoms with Gasteiger partial charge in [-0.25, -0.2) is 24.0 Å². The van der Waals surface area contributed by atoms with Gasteiger partial charge in [0, 0.05) is 12.1 Å². The number of aryl methyl sites for hydroxylation is 1. The van der Waals surface area contributed by atoms with Crippen molar-refractivity contribution < 1.29 is 34.6 Å². The second-order valence-electron chi connectivity index (χ2n) is 5.79. The van der Waals surface area contributed by atoms with Gasteiger partial charge in [0.25, 0.3) is 11.5 Å². The summed E-state index contributed by atoms with van der Waals surface area (Å²) in [7, 11) is 0. The Morgan fingerprint density at radius 2 is 1.47 bits per heavy atom. The van der Waals surface area contributed by atoms with Crippen molar-refractivity contribution >= 4 is 23.6 Å². The van der Waals surface area contributed by atoms with Crippen LogP contribution >= 0.6 is 0 Å². The number of rotatable bonds is 5. The second-order valence-corrected chi connectivity index (χ2v) is 5.79. The average Bonchev–Trinajstić information content (AvgIpc) is 3.18. The molecule has 0 aliphatic heterocycles. The molecule has 0 aliphatic rings. The number of carboxylic acid groups (broad SMARTS) is 3. The van der Waals surface area contributed by atoms with Gasteiger partial charge in [-0.3, -0.25) is 10.1 Å². The van der Waals surface area contributed by atoms with E-state index in [-0.39, 0.29) is 22.6 Å². The van der Waals surface area contributed by atoms with Gasteiger partial charge in [0.1, 0.15) is 6.33 Å². The van der Waals surface area contributed by atoms with Gasteiger partial charge in [0.2, 0.25) is 0 Å². The number of aromatic carboxylic acids is 3. The van der Waals surface area contributed by atoms with E-state index in [1.54, 1.807) is 6.92 Å². The van der Waals surface area contributed by atoms with Gasteiger partial charge in [-0.15, -0.1) is 5.10 Å². The molecule has 2 aromatic carbocycles. The number of nitrogens with zero attached hydrogens (tertiary/aromatic N) is 4. The highest BCUT2D eigenvalue weighted by Gasteiger charge is 2.11. The highest BCUT2D eigenvalue weighted by Crippen LogP contribution is 2.14. The van der Waals surface area contributed by atoms with Crippen molar-refractivity contribution in [3.63, 3.8) is 0 Å². The van der Waals surface area contributed by atoms with E-state index in [0.29, 0.717) is 11.3 Å². The molecule has 0 fully saturated rings. The fraction of sp³-hybridized carbons (Fsp3) is 0.0556. The largest absolute Gasteiger partial charge is 0.478 e. The van der Waals surface area contributed by atoms with E-state index in [2.05, 4.69) is 10.1 Å². The topological polar surface area (TPSA) is 186 Å². The molecule has 12 heteroatoms. The summed E-state index contributed by atoms with van der Waals surface area (Å²) in [5.41, 5.74) is 1.06. The Morgan fingerprint density at radius 1 is 0.933 bits per heavy atom. The SMILES string of the molecule is Cc1cc(C(=O)O)cc(C(=O)O)c1.O=C(O)c1ncn(-c2ccc([N+](=O)[O-])cc2)n1. The first kappa shape index (κ1) is 21.7. The maximum Gasteiger partial charge on any atom is 0.375 e. The molecule has 0 saturated heterocycles. The molecule has 0 amide bonds. The maximum absolute atomic E-state index is 10.6. The summed E-state index contributed by atoms with van der Waals surface area (Å²) in [5, 5.41) is 40.0. The third-order valence-electron chi connectivity index (χ3n) is 3.58. The predicted octanol–water partition coefficient (Wildman–Crippen LogP) is 2.27. The Hall–Kier alpha value is -4.61. The summed E-state index contributed by atoms with van der Waals surface area (Å²) in [6.45, 7) is 1.65. The number of aromatic nitrogens is 3. The lowest BCUT2D eigenvalue weighted by molar-refractivity contribution is -0.384. The van der Waals surface area contributed by atoms with Crippen molar-refractivity contribution in [1.82, 2.24) is 14.8 Å². The zero-order chi connectivity index (χ0) is 22.4. The van der Waals surface area contributed by atoms with Crippen molar-refractivity contribution in [1.29, 1.82) is 0 Å². The quantitative estimate of drug-likeness (QED) is 0.413. The molecular weight excluding hydrogens is 400 g/mol. The minimum absolute atomic E-state index is 0.00241. The molecule has 0 radical (unpaired) electrons. The molecule has 3 rings (SSSR count). The molecule has 0 unspecified atom stereocenters. The summed E-state index contributed by atoms with van der Waals surface area (Å²) in [5.74, 6) is -3.80. The molecular formula is C18H14N4O8. The van der Waals surface area contributed by atoms with E-state index in [1.165, 1.54) is 47.4 Å². The van der Waals surface area contributed by atoms with Crippen LogP contribution in [0, 0.1) is 17.0 Å². The Bertz CT molecular complexity index is 1090. The first-order valence-corrected chi connectivity index (χ1v) is 8.06. The molecule has 0 saturated carbocycles. The van der Waals surface area contributed by atoms with Crippen LogP contribution in [0.25, 0.3) is 5.69 Å². The number of non-ortho nitro benzene ring substituents is 1. The van der Waals surface area contributed by atoms with Crippen LogP contribution in [-0.2, 0) is 0 Å². The van der Waals surface area contributed by atoms with E-state index < -0.39 is 22.8 Å². The number of carbonyl (C=O) groups is 3. The maximum atomic E-state index is 10.6. The predicted molar refractivity (Wildman–Crippen MR) is 100 cm³/mol. The lowest BCUT2D eigenvalue weighted by Gasteiger charge is -1.99. The first-order chi connectivity index (χ1) is 14.1. The van der Waals surface area contributed by atoms with Gasteiger partial charge < -0.3 is 15.3 Å². The molecule has 0 bridgehead atoms. The summed E-state index contributed by atoms with van der Waals surface area (Å²) >= 11 is 0. The number of carboxylic acids is 3. The molecule has 1 heterocycles. The lowest BCUT2D eigenvalue weighted by Crippen LogP contribution is -2.02. The van der Waals surface area contributed by atoms with Gasteiger partial charge in [-0.1, -0.05) is 0 Å². The van der Waals surface area contributed by atoms with Crippen molar-refractivity contribution in [2.45, 2.75) is 6.92 Å². The van der Waals surface area contributed by atoms with Crippen molar-refractivity contribution in [3.8, 4) is 5.69 Å². The molecule has 0 spiro atoms. The van der Waals surface area contributed by atoms with Crippen LogP contribution in [0.1, 0.15) is 36.9 Å². The molecule has 0 atom stereocenters. The van der Waals surface area contributed by atoms with E-state index in [1.807, 2.05) is 0 Å². The fourth-order valence-electron chi connectivity index (χ4n) is 2.24. The second kappa shape index (κ2) is 9.05. The minimum Gasteiger partial charge on any atom is -0.478 e. The van der Waals surface area contributed by atoms with Gasteiger partial charge in [-0.2, -0.15) is 0 Å². The highest BCUT2D eigenvalue weighted by molar-refractivity contribution is 5.94. The van der Waals surface area contributed by atoms with Gasteiger partial charge in [-0.05, 0) is 42.8 Å². The Labute approximate surface area is 167 Å². The van der Waals surface area contributed by atoms with Crippen LogP contribution in [0.15, 0.2) is 48.8 Å². The van der Waals surface area contributed by atoms with Crippen molar-refractivity contribution in [2.24, 2.45) is 0 Å². The van der Waals surface area contributed by atoms with Gasteiger partial charge in [0.05, 0.1) is 21.7 Å². The third-order valence-corrected chi connectivity index (χ3v) is 3.58. The average molecular weight is 414 g/mol. The van der Waals surface area contributed by atoms with E-state index >= 15 is 0 Å². The van der Waals surface area contributed by atoms with E-state index in [0.717, 1.165) is 6.07 Å². The highest BCUT2D eigenvalue weighted by atomic mass is 16.6. The van der Waals surface area contributed by atoms with Crippen LogP contribution in [0.2, 0.25) is 0 Å². The molecule has 154 valence electrons. The van der Waals surface area contributed by atoms with Crippen molar-refractivity contribution in [2.75, 3.05) is 0 Å². The monoisotopic (exact) mass is 414 g/mol. The summed E-state index contributed by atoms with van der Waals surface area (Å²) in [6.07, 6.45) is 1.23. The van der Waals surface area contributed by atoms with Crippen molar-refractivity contribution in [3.05, 3.63) is 81.4 Å². The smallest absolute Gasteiger partial charge is 0.375 e. The van der Waals surface area contributed by atoms with E-state index in [4.69, 9.17) is 15.3 Å². The summed E-state index contributed by atoms with van der Waals surface area (Å²) in [6, 6.07) is 9.51. The van der Waals surface area contributed by atoms with Crippen LogP contribution in [0.3, 0.4) is 0 Å². The molecule has 0 aliphatic carbocycles. The standard InChI is InChI=1S/C9H6N4O4.C9H8O4/c14-9(15)8-10-5-12(11-8)6-1-3-7(4-2-6)13(16)17;1-5-2-6(8(10)11)4-7(3-5)9(12)13/h1-5H,(H,14,15);2-4H,1H3,(H,10,11)(H,12,13). The molecule has 3 N–H and O–H groups in total. The Morgan fingerprint density at radius 3 is 1.87 bits per heavy atom. The number of nitro benzene ring substituents is 1. The van der Waals surface area contributed by atoms with Gasteiger partial charge >= 0.3 is 17.9 Å². The molecule has 12 nitrogen and oxygen atoms in total. The lowest BCUT2D eigenvalue weighted by atomic mass is 10.1. The molecule has 1 aromatic heterocycles. The molecule has 3 aromatic rings. The van der Waals surface area contributed by atoms with Gasteiger partial charge in [0.15, 0.2) is 0 Å². The Balaban J connectivity index is 0.000000222. The summed E-state index contributed by atoms with van der Waals surface area (Å²) < 4.78 is 1.23. The van der Waals surface area contributed by atoms with Crippen LogP contribution in [-0.4, -0.2) is 52.9 Å².